The van der Waals surface area contributed by atoms with Gasteiger partial charge in [-0.15, -0.1) is 11.3 Å². The van der Waals surface area contributed by atoms with Gasteiger partial charge in [0.25, 0.3) is 0 Å². The van der Waals surface area contributed by atoms with Crippen LogP contribution in [0.15, 0.2) is 42.5 Å². The fourth-order valence-electron chi connectivity index (χ4n) is 3.48. The maximum atomic E-state index is 12.1. The molecule has 0 N–H and O–H groups in total. The van der Waals surface area contributed by atoms with E-state index in [1.165, 1.54) is 16.7 Å². The van der Waals surface area contributed by atoms with E-state index in [1.807, 2.05) is 10.5 Å². The van der Waals surface area contributed by atoms with Gasteiger partial charge in [0.05, 0.1) is 5.69 Å². The molecule has 0 saturated heterocycles. The third-order valence-electron chi connectivity index (χ3n) is 5.21. The highest BCUT2D eigenvalue weighted by atomic mass is 32.1. The number of carbonyl (C=O) groups excluding carboxylic acids is 1. The number of rotatable bonds is 4. The number of aldehydes is 1. The fraction of sp³-hybridized carbons (Fsp3) is 0.217. The average Bonchev–Trinajstić information content (AvgIpc) is 3.18. The van der Waals surface area contributed by atoms with Crippen molar-refractivity contribution in [2.24, 2.45) is 0 Å². The van der Waals surface area contributed by atoms with Gasteiger partial charge in [0.2, 0.25) is 0 Å². The van der Waals surface area contributed by atoms with E-state index in [2.05, 4.69) is 64.1 Å². The van der Waals surface area contributed by atoms with Crippen LogP contribution in [0.2, 0.25) is 0 Å². The minimum absolute atomic E-state index is 0.618. The first kappa shape index (κ1) is 17.7. The van der Waals surface area contributed by atoms with Crippen molar-refractivity contribution < 1.29 is 4.79 Å². The Hall–Kier alpha value is -2.72. The Morgan fingerprint density at radius 2 is 1.70 bits per heavy atom. The third kappa shape index (κ3) is 2.90. The zero-order chi connectivity index (χ0) is 19.1. The molecule has 0 aliphatic carbocycles. The Labute approximate surface area is 163 Å². The molecular formula is C23H22N2OS. The highest BCUT2D eigenvalue weighted by Crippen LogP contribution is 2.36. The van der Waals surface area contributed by atoms with Gasteiger partial charge in [0, 0.05) is 10.4 Å². The Kier molecular flexibility index (Phi) is 4.44. The Morgan fingerprint density at radius 1 is 1.00 bits per heavy atom. The summed E-state index contributed by atoms with van der Waals surface area (Å²) in [6, 6.07) is 14.8. The van der Waals surface area contributed by atoms with E-state index in [0.29, 0.717) is 5.69 Å². The van der Waals surface area contributed by atoms with Crippen LogP contribution in [0.1, 0.15) is 39.0 Å². The predicted octanol–water partition coefficient (Wildman–Crippen LogP) is 6.03. The van der Waals surface area contributed by atoms with E-state index >= 15 is 0 Å². The number of nitrogens with zero attached hydrogens (tertiary/aromatic N) is 2. The molecule has 0 atom stereocenters. The molecule has 4 rings (SSSR count). The number of fused-ring (bicyclic) bond motifs is 1. The molecule has 0 unspecified atom stereocenters. The summed E-state index contributed by atoms with van der Waals surface area (Å²) in [4.78, 5) is 18.9. The van der Waals surface area contributed by atoms with Crippen molar-refractivity contribution in [2.75, 3.05) is 0 Å². The smallest absolute Gasteiger partial charge is 0.195 e. The molecule has 0 amide bonds. The second-order valence-corrected chi connectivity index (χ2v) is 8.12. The molecule has 2 aromatic heterocycles. The lowest BCUT2D eigenvalue weighted by Gasteiger charge is -2.07. The van der Waals surface area contributed by atoms with Crippen LogP contribution in [0.3, 0.4) is 0 Å². The van der Waals surface area contributed by atoms with Gasteiger partial charge in [-0.05, 0) is 55.5 Å². The molecule has 27 heavy (non-hydrogen) atoms. The lowest BCUT2D eigenvalue weighted by atomic mass is 10.0. The molecule has 4 heteroatoms. The molecule has 0 bridgehead atoms. The van der Waals surface area contributed by atoms with E-state index in [0.717, 1.165) is 45.1 Å². The standard InChI is InChI=1S/C23H22N2OS/c1-5-17-7-10-18(11-8-17)22-16(4)27-23-24-21(20(13-26)25(22)23)19-9-6-14(2)15(3)12-19/h6-13H,5H2,1-4H3. The summed E-state index contributed by atoms with van der Waals surface area (Å²) in [6.45, 7) is 8.42. The molecule has 0 saturated carbocycles. The maximum Gasteiger partial charge on any atom is 0.195 e. The minimum Gasteiger partial charge on any atom is -0.296 e. The summed E-state index contributed by atoms with van der Waals surface area (Å²) in [5.41, 5.74) is 8.27. The zero-order valence-corrected chi connectivity index (χ0v) is 16.9. The summed E-state index contributed by atoms with van der Waals surface area (Å²) < 4.78 is 2.01. The molecule has 2 aromatic carbocycles. The van der Waals surface area contributed by atoms with Crippen LogP contribution < -0.4 is 0 Å². The molecule has 0 spiro atoms. The quantitative estimate of drug-likeness (QED) is 0.409. The Bertz CT molecular complexity index is 1150. The molecule has 0 aliphatic heterocycles. The second-order valence-electron chi connectivity index (χ2n) is 6.94. The van der Waals surface area contributed by atoms with Gasteiger partial charge in [-0.2, -0.15) is 0 Å². The van der Waals surface area contributed by atoms with Crippen molar-refractivity contribution >= 4 is 22.6 Å². The fourth-order valence-corrected chi connectivity index (χ4v) is 4.48. The third-order valence-corrected chi connectivity index (χ3v) is 6.17. The predicted molar refractivity (Wildman–Crippen MR) is 113 cm³/mol. The van der Waals surface area contributed by atoms with Crippen LogP contribution in [0.5, 0.6) is 0 Å². The van der Waals surface area contributed by atoms with Crippen LogP contribution in [-0.4, -0.2) is 15.7 Å². The minimum atomic E-state index is 0.618. The molecule has 0 fully saturated rings. The van der Waals surface area contributed by atoms with Crippen molar-refractivity contribution in [3.63, 3.8) is 0 Å². The van der Waals surface area contributed by atoms with Crippen molar-refractivity contribution in [1.29, 1.82) is 0 Å². The largest absolute Gasteiger partial charge is 0.296 e. The van der Waals surface area contributed by atoms with E-state index < -0.39 is 0 Å². The van der Waals surface area contributed by atoms with E-state index in [4.69, 9.17) is 4.98 Å². The summed E-state index contributed by atoms with van der Waals surface area (Å²) >= 11 is 1.63. The summed E-state index contributed by atoms with van der Waals surface area (Å²) in [6.07, 6.45) is 1.94. The number of hydrogen-bond donors (Lipinski definition) is 0. The maximum absolute atomic E-state index is 12.1. The van der Waals surface area contributed by atoms with Gasteiger partial charge >= 0.3 is 0 Å². The number of benzene rings is 2. The van der Waals surface area contributed by atoms with Gasteiger partial charge in [-0.1, -0.05) is 43.3 Å². The van der Waals surface area contributed by atoms with Gasteiger partial charge in [0.1, 0.15) is 11.4 Å². The molecule has 3 nitrogen and oxygen atoms in total. The average molecular weight is 375 g/mol. The highest BCUT2D eigenvalue weighted by molar-refractivity contribution is 7.17. The second kappa shape index (κ2) is 6.78. The SMILES string of the molecule is CCc1ccc(-c2c(C)sc3nc(-c4ccc(C)c(C)c4)c(C=O)n23)cc1. The van der Waals surface area contributed by atoms with E-state index in [9.17, 15) is 4.79 Å². The zero-order valence-electron chi connectivity index (χ0n) is 16.0. The van der Waals surface area contributed by atoms with Crippen LogP contribution in [0, 0.1) is 20.8 Å². The molecule has 0 radical (unpaired) electrons. The molecule has 4 aromatic rings. The number of hydrogen-bond acceptors (Lipinski definition) is 3. The topological polar surface area (TPSA) is 34.4 Å². The van der Waals surface area contributed by atoms with Gasteiger partial charge in [0.15, 0.2) is 11.2 Å². The molecule has 0 aliphatic rings. The van der Waals surface area contributed by atoms with Crippen molar-refractivity contribution in [1.82, 2.24) is 9.38 Å². The summed E-state index contributed by atoms with van der Waals surface area (Å²) in [5.74, 6) is 0. The monoisotopic (exact) mass is 374 g/mol. The van der Waals surface area contributed by atoms with Gasteiger partial charge in [-0.3, -0.25) is 9.20 Å². The first-order chi connectivity index (χ1) is 13.0. The first-order valence-electron chi connectivity index (χ1n) is 9.17. The molecule has 136 valence electrons. The van der Waals surface area contributed by atoms with Crippen molar-refractivity contribution in [2.45, 2.75) is 34.1 Å². The van der Waals surface area contributed by atoms with Gasteiger partial charge in [-0.25, -0.2) is 4.98 Å². The molecule has 2 heterocycles. The summed E-state index contributed by atoms with van der Waals surface area (Å²) in [5, 5.41) is 0. The first-order valence-corrected chi connectivity index (χ1v) is 9.99. The Balaban J connectivity index is 1.95. The number of carbonyl (C=O) groups is 1. The number of aromatic nitrogens is 2. The number of imidazole rings is 1. The lowest BCUT2D eigenvalue weighted by molar-refractivity contribution is 0.111. The van der Waals surface area contributed by atoms with Crippen molar-refractivity contribution in [3.8, 4) is 22.5 Å². The lowest BCUT2D eigenvalue weighted by Crippen LogP contribution is -1.96. The van der Waals surface area contributed by atoms with E-state index in [1.54, 1.807) is 11.3 Å². The normalized spacial score (nSPS) is 11.3. The van der Waals surface area contributed by atoms with E-state index in [-0.39, 0.29) is 0 Å². The highest BCUT2D eigenvalue weighted by Gasteiger charge is 2.21. The molecular weight excluding hydrogens is 352 g/mol. The van der Waals surface area contributed by atoms with Crippen molar-refractivity contribution in [3.05, 3.63) is 69.7 Å². The van der Waals surface area contributed by atoms with Gasteiger partial charge < -0.3 is 0 Å². The van der Waals surface area contributed by atoms with Crippen LogP contribution in [0.25, 0.3) is 27.5 Å². The van der Waals surface area contributed by atoms with Crippen LogP contribution in [0.4, 0.5) is 0 Å². The van der Waals surface area contributed by atoms with Crippen LogP contribution in [-0.2, 0) is 6.42 Å². The Morgan fingerprint density at radius 3 is 2.33 bits per heavy atom. The summed E-state index contributed by atoms with van der Waals surface area (Å²) in [7, 11) is 0. The van der Waals surface area contributed by atoms with Crippen LogP contribution >= 0.6 is 11.3 Å². The number of aryl methyl sites for hydroxylation is 4. The number of thiazole rings is 1.